The molecule has 1 aromatic rings. The third kappa shape index (κ3) is 4.20. The molecule has 1 fully saturated rings. The number of hydrogen-bond acceptors (Lipinski definition) is 2. The highest BCUT2D eigenvalue weighted by molar-refractivity contribution is 5.81. The number of alkyl halides is 3. The molecule has 0 spiro atoms. The third-order valence-corrected chi connectivity index (χ3v) is 3.91. The Morgan fingerprint density at radius 3 is 2.62 bits per heavy atom. The van der Waals surface area contributed by atoms with Gasteiger partial charge in [-0.25, -0.2) is 0 Å². The van der Waals surface area contributed by atoms with E-state index in [0.717, 1.165) is 11.1 Å². The molecule has 1 aromatic carbocycles. The molecule has 0 aliphatic carbocycles. The van der Waals surface area contributed by atoms with Gasteiger partial charge >= 0.3 is 6.18 Å². The first kappa shape index (κ1) is 15.8. The summed E-state index contributed by atoms with van der Waals surface area (Å²) in [5.41, 5.74) is 2.08. The number of carbonyl (C=O) groups excluding carboxylic acids is 1. The lowest BCUT2D eigenvalue weighted by molar-refractivity contribution is -0.180. The Bertz CT molecular complexity index is 494. The van der Waals surface area contributed by atoms with Crippen LogP contribution in [0.4, 0.5) is 13.2 Å². The normalized spacial score (nSPS) is 22.9. The second-order valence-electron chi connectivity index (χ2n) is 5.42. The van der Waals surface area contributed by atoms with Crippen LogP contribution in [0.1, 0.15) is 24.0 Å². The zero-order valence-corrected chi connectivity index (χ0v) is 11.8. The van der Waals surface area contributed by atoms with E-state index in [-0.39, 0.29) is 25.3 Å². The van der Waals surface area contributed by atoms with Crippen molar-refractivity contribution in [3.63, 3.8) is 0 Å². The van der Waals surface area contributed by atoms with Gasteiger partial charge in [0.15, 0.2) is 0 Å². The number of aryl methyl sites for hydroxylation is 1. The van der Waals surface area contributed by atoms with Gasteiger partial charge in [0, 0.05) is 13.1 Å². The Hall–Kier alpha value is -1.56. The Morgan fingerprint density at radius 2 is 2.05 bits per heavy atom. The molecule has 0 aromatic heterocycles. The van der Waals surface area contributed by atoms with Crippen LogP contribution in [0.25, 0.3) is 0 Å². The van der Waals surface area contributed by atoms with Crippen molar-refractivity contribution >= 4 is 5.91 Å². The second-order valence-corrected chi connectivity index (χ2v) is 5.42. The van der Waals surface area contributed by atoms with Gasteiger partial charge in [-0.05, 0) is 30.9 Å². The van der Waals surface area contributed by atoms with E-state index in [0.29, 0.717) is 6.54 Å². The van der Waals surface area contributed by atoms with Gasteiger partial charge in [-0.2, -0.15) is 13.2 Å². The van der Waals surface area contributed by atoms with Crippen molar-refractivity contribution in [2.45, 2.75) is 38.5 Å². The lowest BCUT2D eigenvalue weighted by Gasteiger charge is -2.30. The fraction of sp³-hybridized carbons (Fsp3) is 0.533. The molecule has 116 valence electrons. The lowest BCUT2D eigenvalue weighted by Crippen LogP contribution is -2.51. The molecule has 0 bridgehead atoms. The summed E-state index contributed by atoms with van der Waals surface area (Å²) in [6, 6.07) is 7.15. The SMILES string of the molecule is Cc1ccccc1CNC(=O)C1CCC(C(F)(F)F)CN1. The number of piperidine rings is 1. The van der Waals surface area contributed by atoms with Crippen molar-refractivity contribution in [2.24, 2.45) is 5.92 Å². The summed E-state index contributed by atoms with van der Waals surface area (Å²) in [7, 11) is 0. The largest absolute Gasteiger partial charge is 0.393 e. The zero-order valence-electron chi connectivity index (χ0n) is 11.8. The highest BCUT2D eigenvalue weighted by atomic mass is 19.4. The molecule has 1 aliphatic rings. The van der Waals surface area contributed by atoms with E-state index in [1.807, 2.05) is 31.2 Å². The van der Waals surface area contributed by atoms with Crippen LogP contribution in [0.5, 0.6) is 0 Å². The predicted molar refractivity (Wildman–Crippen MR) is 73.6 cm³/mol. The summed E-state index contributed by atoms with van der Waals surface area (Å²) in [6.07, 6.45) is -3.97. The molecule has 2 N–H and O–H groups in total. The fourth-order valence-corrected chi connectivity index (χ4v) is 2.47. The molecule has 1 aliphatic heterocycles. The van der Waals surface area contributed by atoms with Crippen LogP contribution >= 0.6 is 0 Å². The molecule has 0 radical (unpaired) electrons. The molecule has 1 heterocycles. The smallest absolute Gasteiger partial charge is 0.351 e. The molecule has 21 heavy (non-hydrogen) atoms. The summed E-state index contributed by atoms with van der Waals surface area (Å²) in [5.74, 6) is -1.59. The first-order chi connectivity index (χ1) is 9.88. The standard InChI is InChI=1S/C15H19F3N2O/c1-10-4-2-3-5-11(10)8-20-14(21)13-7-6-12(9-19-13)15(16,17)18/h2-5,12-13,19H,6-9H2,1H3,(H,20,21). The van der Waals surface area contributed by atoms with Gasteiger partial charge in [-0.3, -0.25) is 4.79 Å². The summed E-state index contributed by atoms with van der Waals surface area (Å²) in [4.78, 5) is 12.0. The van der Waals surface area contributed by atoms with E-state index in [2.05, 4.69) is 10.6 Å². The van der Waals surface area contributed by atoms with Crippen molar-refractivity contribution in [3.8, 4) is 0 Å². The monoisotopic (exact) mass is 300 g/mol. The summed E-state index contributed by atoms with van der Waals surface area (Å²) in [6.45, 7) is 2.16. The van der Waals surface area contributed by atoms with E-state index >= 15 is 0 Å². The highest BCUT2D eigenvalue weighted by Gasteiger charge is 2.42. The minimum absolute atomic E-state index is 0.00104. The number of halogens is 3. The Labute approximate surface area is 121 Å². The molecular formula is C15H19F3N2O. The molecule has 3 nitrogen and oxygen atoms in total. The second kappa shape index (κ2) is 6.47. The minimum atomic E-state index is -4.18. The van der Waals surface area contributed by atoms with Crippen LogP contribution < -0.4 is 10.6 Å². The number of benzene rings is 1. The quantitative estimate of drug-likeness (QED) is 0.900. The van der Waals surface area contributed by atoms with Gasteiger partial charge in [0.1, 0.15) is 0 Å². The zero-order chi connectivity index (χ0) is 15.5. The van der Waals surface area contributed by atoms with E-state index < -0.39 is 18.1 Å². The van der Waals surface area contributed by atoms with E-state index in [1.54, 1.807) is 0 Å². The average Bonchev–Trinajstić information content (AvgIpc) is 2.45. The predicted octanol–water partition coefficient (Wildman–Crippen LogP) is 2.54. The van der Waals surface area contributed by atoms with Crippen molar-refractivity contribution in [3.05, 3.63) is 35.4 Å². The first-order valence-corrected chi connectivity index (χ1v) is 7.00. The topological polar surface area (TPSA) is 41.1 Å². The molecule has 6 heteroatoms. The van der Waals surface area contributed by atoms with Gasteiger partial charge in [0.05, 0.1) is 12.0 Å². The molecule has 1 saturated heterocycles. The molecule has 0 saturated carbocycles. The molecule has 2 rings (SSSR count). The van der Waals surface area contributed by atoms with Gasteiger partial charge in [-0.15, -0.1) is 0 Å². The summed E-state index contributed by atoms with van der Waals surface area (Å²) < 4.78 is 37.6. The first-order valence-electron chi connectivity index (χ1n) is 7.00. The van der Waals surface area contributed by atoms with E-state index in [4.69, 9.17) is 0 Å². The van der Waals surface area contributed by atoms with Crippen LogP contribution in [0, 0.1) is 12.8 Å². The van der Waals surface area contributed by atoms with Gasteiger partial charge in [0.2, 0.25) is 5.91 Å². The summed E-state index contributed by atoms with van der Waals surface area (Å²) >= 11 is 0. The fourth-order valence-electron chi connectivity index (χ4n) is 2.47. The van der Waals surface area contributed by atoms with Crippen molar-refractivity contribution in [1.82, 2.24) is 10.6 Å². The van der Waals surface area contributed by atoms with Crippen LogP contribution in [-0.4, -0.2) is 24.7 Å². The number of rotatable bonds is 3. The summed E-state index contributed by atoms with van der Waals surface area (Å²) in [5, 5.41) is 5.47. The Balaban J connectivity index is 1.82. The maximum Gasteiger partial charge on any atom is 0.393 e. The minimum Gasteiger partial charge on any atom is -0.351 e. The van der Waals surface area contributed by atoms with Gasteiger partial charge in [0.25, 0.3) is 0 Å². The van der Waals surface area contributed by atoms with Crippen LogP contribution in [-0.2, 0) is 11.3 Å². The van der Waals surface area contributed by atoms with Gasteiger partial charge < -0.3 is 10.6 Å². The van der Waals surface area contributed by atoms with Crippen molar-refractivity contribution in [1.29, 1.82) is 0 Å². The van der Waals surface area contributed by atoms with Crippen molar-refractivity contribution < 1.29 is 18.0 Å². The Morgan fingerprint density at radius 1 is 1.33 bits per heavy atom. The average molecular weight is 300 g/mol. The number of hydrogen-bond donors (Lipinski definition) is 2. The number of nitrogens with one attached hydrogen (secondary N) is 2. The maximum atomic E-state index is 12.5. The third-order valence-electron chi connectivity index (χ3n) is 3.91. The molecular weight excluding hydrogens is 281 g/mol. The van der Waals surface area contributed by atoms with Gasteiger partial charge in [-0.1, -0.05) is 24.3 Å². The van der Waals surface area contributed by atoms with Crippen LogP contribution in [0.3, 0.4) is 0 Å². The highest BCUT2D eigenvalue weighted by Crippen LogP contribution is 2.31. The Kier molecular flexibility index (Phi) is 4.88. The number of carbonyl (C=O) groups is 1. The lowest BCUT2D eigenvalue weighted by atomic mass is 9.94. The maximum absolute atomic E-state index is 12.5. The van der Waals surface area contributed by atoms with E-state index in [1.165, 1.54) is 0 Å². The van der Waals surface area contributed by atoms with Crippen molar-refractivity contribution in [2.75, 3.05) is 6.54 Å². The van der Waals surface area contributed by atoms with Crippen LogP contribution in [0.15, 0.2) is 24.3 Å². The van der Waals surface area contributed by atoms with Crippen LogP contribution in [0.2, 0.25) is 0 Å². The molecule has 2 atom stereocenters. The number of amides is 1. The molecule has 2 unspecified atom stereocenters. The molecule has 1 amide bonds. The van der Waals surface area contributed by atoms with E-state index in [9.17, 15) is 18.0 Å².